The molecule has 1 rings (SSSR count). The fourth-order valence-corrected chi connectivity index (χ4v) is 1.37. The summed E-state index contributed by atoms with van der Waals surface area (Å²) in [5.41, 5.74) is 1.52. The van der Waals surface area contributed by atoms with Crippen molar-refractivity contribution in [3.8, 4) is 6.07 Å². The monoisotopic (exact) mass is 232 g/mol. The molecule has 0 saturated heterocycles. The SMILES string of the molecule is CO[C@@H](C)CC(=O)NCc1cccc(C#N)c1. The van der Waals surface area contributed by atoms with E-state index >= 15 is 0 Å². The van der Waals surface area contributed by atoms with Crippen LogP contribution in [-0.4, -0.2) is 19.1 Å². The summed E-state index contributed by atoms with van der Waals surface area (Å²) in [6.45, 7) is 2.28. The first kappa shape index (κ1) is 13.2. The summed E-state index contributed by atoms with van der Waals surface area (Å²) in [6, 6.07) is 9.24. The molecule has 17 heavy (non-hydrogen) atoms. The van der Waals surface area contributed by atoms with Crippen LogP contribution in [-0.2, 0) is 16.1 Å². The van der Waals surface area contributed by atoms with Crippen molar-refractivity contribution in [3.63, 3.8) is 0 Å². The Kier molecular flexibility index (Phi) is 5.18. The van der Waals surface area contributed by atoms with Crippen molar-refractivity contribution in [2.75, 3.05) is 7.11 Å². The van der Waals surface area contributed by atoms with Gasteiger partial charge in [-0.05, 0) is 24.6 Å². The Balaban J connectivity index is 2.45. The lowest BCUT2D eigenvalue weighted by atomic mass is 10.1. The largest absolute Gasteiger partial charge is 0.381 e. The molecule has 0 aliphatic rings. The number of ether oxygens (including phenoxy) is 1. The molecule has 0 heterocycles. The first-order chi connectivity index (χ1) is 8.15. The van der Waals surface area contributed by atoms with Crippen molar-refractivity contribution in [2.45, 2.75) is 26.0 Å². The van der Waals surface area contributed by atoms with Gasteiger partial charge in [0.05, 0.1) is 24.2 Å². The van der Waals surface area contributed by atoms with Crippen LogP contribution >= 0.6 is 0 Å². The topological polar surface area (TPSA) is 62.1 Å². The van der Waals surface area contributed by atoms with E-state index in [1.807, 2.05) is 13.0 Å². The van der Waals surface area contributed by atoms with Gasteiger partial charge in [-0.2, -0.15) is 5.26 Å². The van der Waals surface area contributed by atoms with E-state index in [-0.39, 0.29) is 12.0 Å². The summed E-state index contributed by atoms with van der Waals surface area (Å²) in [4.78, 5) is 11.5. The highest BCUT2D eigenvalue weighted by molar-refractivity contribution is 5.76. The van der Waals surface area contributed by atoms with Crippen molar-refractivity contribution in [2.24, 2.45) is 0 Å². The highest BCUT2D eigenvalue weighted by Gasteiger charge is 2.07. The number of rotatable bonds is 5. The zero-order valence-corrected chi connectivity index (χ0v) is 10.1. The van der Waals surface area contributed by atoms with Gasteiger partial charge in [-0.1, -0.05) is 12.1 Å². The number of hydrogen-bond donors (Lipinski definition) is 1. The standard InChI is InChI=1S/C13H16N2O2/c1-10(17-2)6-13(16)15-9-12-5-3-4-11(7-12)8-14/h3-5,7,10H,6,9H2,1-2H3,(H,15,16)/t10-/m0/s1. The Morgan fingerprint density at radius 3 is 3.00 bits per heavy atom. The lowest BCUT2D eigenvalue weighted by Crippen LogP contribution is -2.26. The lowest BCUT2D eigenvalue weighted by Gasteiger charge is -2.09. The van der Waals surface area contributed by atoms with Crippen LogP contribution in [0.25, 0.3) is 0 Å². The number of nitriles is 1. The third-order valence-corrected chi connectivity index (χ3v) is 2.42. The first-order valence-electron chi connectivity index (χ1n) is 5.44. The number of hydrogen-bond acceptors (Lipinski definition) is 3. The average molecular weight is 232 g/mol. The second-order valence-corrected chi connectivity index (χ2v) is 3.84. The van der Waals surface area contributed by atoms with E-state index in [1.54, 1.807) is 25.3 Å². The summed E-state index contributed by atoms with van der Waals surface area (Å²) >= 11 is 0. The maximum Gasteiger partial charge on any atom is 0.222 e. The summed E-state index contributed by atoms with van der Waals surface area (Å²) in [6.07, 6.45) is 0.259. The van der Waals surface area contributed by atoms with Gasteiger partial charge in [-0.15, -0.1) is 0 Å². The van der Waals surface area contributed by atoms with Gasteiger partial charge in [0.2, 0.25) is 5.91 Å². The molecule has 0 aliphatic carbocycles. The molecule has 90 valence electrons. The average Bonchev–Trinajstić information content (AvgIpc) is 2.36. The molecule has 1 amide bonds. The van der Waals surface area contributed by atoms with Crippen molar-refractivity contribution < 1.29 is 9.53 Å². The molecule has 0 aliphatic heterocycles. The number of amides is 1. The van der Waals surface area contributed by atoms with Crippen molar-refractivity contribution in [1.82, 2.24) is 5.32 Å². The van der Waals surface area contributed by atoms with E-state index in [9.17, 15) is 4.79 Å². The van der Waals surface area contributed by atoms with Crippen molar-refractivity contribution in [3.05, 3.63) is 35.4 Å². The molecule has 0 bridgehead atoms. The fraction of sp³-hybridized carbons (Fsp3) is 0.385. The van der Waals surface area contributed by atoms with Gasteiger partial charge < -0.3 is 10.1 Å². The van der Waals surface area contributed by atoms with Crippen LogP contribution in [0.15, 0.2) is 24.3 Å². The van der Waals surface area contributed by atoms with Gasteiger partial charge in [0.25, 0.3) is 0 Å². The van der Waals surface area contributed by atoms with Crippen LogP contribution in [0.3, 0.4) is 0 Å². The highest BCUT2D eigenvalue weighted by atomic mass is 16.5. The number of nitrogens with zero attached hydrogens (tertiary/aromatic N) is 1. The van der Waals surface area contributed by atoms with Crippen molar-refractivity contribution >= 4 is 5.91 Å². The Morgan fingerprint density at radius 1 is 1.59 bits per heavy atom. The molecule has 0 spiro atoms. The van der Waals surface area contributed by atoms with Crippen LogP contribution < -0.4 is 5.32 Å². The minimum Gasteiger partial charge on any atom is -0.381 e. The van der Waals surface area contributed by atoms with Gasteiger partial charge in [-0.25, -0.2) is 0 Å². The van der Waals surface area contributed by atoms with Gasteiger partial charge in [0.1, 0.15) is 0 Å². The molecule has 1 aromatic rings. The Morgan fingerprint density at radius 2 is 2.35 bits per heavy atom. The Labute approximate surface area is 101 Å². The number of nitrogens with one attached hydrogen (secondary N) is 1. The molecule has 0 fully saturated rings. The molecule has 4 nitrogen and oxygen atoms in total. The summed E-state index contributed by atoms with van der Waals surface area (Å²) in [5.74, 6) is -0.0540. The van der Waals surface area contributed by atoms with Crippen LogP contribution in [0.1, 0.15) is 24.5 Å². The molecule has 1 N–H and O–H groups in total. The highest BCUT2D eigenvalue weighted by Crippen LogP contribution is 2.04. The van der Waals surface area contributed by atoms with E-state index in [0.29, 0.717) is 18.5 Å². The summed E-state index contributed by atoms with van der Waals surface area (Å²) in [5, 5.41) is 11.5. The summed E-state index contributed by atoms with van der Waals surface area (Å²) < 4.78 is 5.01. The maximum atomic E-state index is 11.5. The molecular formula is C13H16N2O2. The second kappa shape index (κ2) is 6.66. The first-order valence-corrected chi connectivity index (χ1v) is 5.44. The molecule has 1 aromatic carbocycles. The predicted molar refractivity (Wildman–Crippen MR) is 64.1 cm³/mol. The fourth-order valence-electron chi connectivity index (χ4n) is 1.37. The maximum absolute atomic E-state index is 11.5. The van der Waals surface area contributed by atoms with Crippen LogP contribution in [0.2, 0.25) is 0 Å². The van der Waals surface area contributed by atoms with Crippen LogP contribution in [0.4, 0.5) is 0 Å². The molecule has 1 atom stereocenters. The number of methoxy groups -OCH3 is 1. The van der Waals surface area contributed by atoms with E-state index in [4.69, 9.17) is 10.00 Å². The Hall–Kier alpha value is -1.86. The molecule has 0 radical (unpaired) electrons. The molecule has 0 unspecified atom stereocenters. The van der Waals surface area contributed by atoms with Gasteiger partial charge in [0.15, 0.2) is 0 Å². The quantitative estimate of drug-likeness (QED) is 0.838. The van der Waals surface area contributed by atoms with Crippen LogP contribution in [0.5, 0.6) is 0 Å². The molecule has 0 aromatic heterocycles. The number of benzene rings is 1. The van der Waals surface area contributed by atoms with Crippen molar-refractivity contribution in [1.29, 1.82) is 5.26 Å². The third kappa shape index (κ3) is 4.66. The van der Waals surface area contributed by atoms with E-state index in [1.165, 1.54) is 0 Å². The van der Waals surface area contributed by atoms with Gasteiger partial charge in [0, 0.05) is 13.7 Å². The molecule has 4 heteroatoms. The number of carbonyl (C=O) groups excluding carboxylic acids is 1. The minimum absolute atomic E-state index is 0.0540. The lowest BCUT2D eigenvalue weighted by molar-refractivity contribution is -0.123. The van der Waals surface area contributed by atoms with Crippen LogP contribution in [0, 0.1) is 11.3 Å². The van der Waals surface area contributed by atoms with Gasteiger partial charge >= 0.3 is 0 Å². The Bertz CT molecular complexity index is 424. The normalized spacial score (nSPS) is 11.6. The second-order valence-electron chi connectivity index (χ2n) is 3.84. The third-order valence-electron chi connectivity index (χ3n) is 2.42. The zero-order chi connectivity index (χ0) is 12.7. The smallest absolute Gasteiger partial charge is 0.222 e. The van der Waals surface area contributed by atoms with E-state index in [0.717, 1.165) is 5.56 Å². The zero-order valence-electron chi connectivity index (χ0n) is 10.1. The van der Waals surface area contributed by atoms with Gasteiger partial charge in [-0.3, -0.25) is 4.79 Å². The molecule has 0 saturated carbocycles. The van der Waals surface area contributed by atoms with E-state index < -0.39 is 0 Å². The number of carbonyl (C=O) groups is 1. The predicted octanol–water partition coefficient (Wildman–Crippen LogP) is 1.60. The molecular weight excluding hydrogens is 216 g/mol. The van der Waals surface area contributed by atoms with E-state index in [2.05, 4.69) is 11.4 Å². The minimum atomic E-state index is -0.0829. The summed E-state index contributed by atoms with van der Waals surface area (Å²) in [7, 11) is 1.58.